The lowest BCUT2D eigenvalue weighted by Gasteiger charge is -2.12. The number of phenols is 1. The smallest absolute Gasteiger partial charge is 0.307 e. The van der Waals surface area contributed by atoms with Crippen molar-refractivity contribution >= 4 is 21.9 Å². The van der Waals surface area contributed by atoms with Gasteiger partial charge in [0.15, 0.2) is 0 Å². The molecule has 0 aliphatic rings. The summed E-state index contributed by atoms with van der Waals surface area (Å²) in [7, 11) is 0. The molecule has 0 heterocycles. The highest BCUT2D eigenvalue weighted by Gasteiger charge is 2.18. The number of rotatable bonds is 5. The second-order valence-corrected chi connectivity index (χ2v) is 5.65. The maximum absolute atomic E-state index is 11.4. The number of halogens is 1. The molecule has 2 N–H and O–H groups in total. The van der Waals surface area contributed by atoms with Crippen LogP contribution in [0.25, 0.3) is 0 Å². The molecular formula is C16H15BrO3. The molecule has 104 valence electrons. The molecule has 0 aromatic heterocycles. The van der Waals surface area contributed by atoms with Gasteiger partial charge in [-0.05, 0) is 48.2 Å². The number of hydrogen-bond donors (Lipinski definition) is 2. The molecule has 3 nitrogen and oxygen atoms in total. The Bertz CT molecular complexity index is 528. The molecule has 0 saturated heterocycles. The van der Waals surface area contributed by atoms with Crippen molar-refractivity contribution in [1.29, 1.82) is 0 Å². The molecule has 0 fully saturated rings. The molecule has 0 aliphatic carbocycles. The van der Waals surface area contributed by atoms with Crippen LogP contribution in [0, 0.1) is 5.92 Å². The SMILES string of the molecule is O=C(O)C(Cc1ccc(O)cc1)Cc1ccc(Br)cc1. The highest BCUT2D eigenvalue weighted by molar-refractivity contribution is 9.10. The zero-order chi connectivity index (χ0) is 14.5. The number of aromatic hydroxyl groups is 1. The molecule has 0 amide bonds. The maximum atomic E-state index is 11.4. The zero-order valence-corrected chi connectivity index (χ0v) is 12.4. The molecule has 2 aromatic rings. The number of aliphatic carboxylic acids is 1. The molecule has 0 bridgehead atoms. The van der Waals surface area contributed by atoms with Crippen LogP contribution in [0.1, 0.15) is 11.1 Å². The number of carboxylic acids is 1. The third-order valence-electron chi connectivity index (χ3n) is 3.16. The quantitative estimate of drug-likeness (QED) is 0.877. The van der Waals surface area contributed by atoms with E-state index in [0.29, 0.717) is 12.8 Å². The molecule has 2 aromatic carbocycles. The van der Waals surface area contributed by atoms with E-state index in [4.69, 9.17) is 0 Å². The van der Waals surface area contributed by atoms with Crippen molar-refractivity contribution < 1.29 is 15.0 Å². The fourth-order valence-corrected chi connectivity index (χ4v) is 2.33. The minimum Gasteiger partial charge on any atom is -0.508 e. The van der Waals surface area contributed by atoms with Crippen molar-refractivity contribution in [2.45, 2.75) is 12.8 Å². The first-order chi connectivity index (χ1) is 9.54. The van der Waals surface area contributed by atoms with E-state index in [2.05, 4.69) is 15.9 Å². The predicted octanol–water partition coefficient (Wildman–Crippen LogP) is 3.64. The van der Waals surface area contributed by atoms with Crippen LogP contribution in [-0.2, 0) is 17.6 Å². The monoisotopic (exact) mass is 334 g/mol. The maximum Gasteiger partial charge on any atom is 0.307 e. The van der Waals surface area contributed by atoms with Gasteiger partial charge in [-0.3, -0.25) is 4.79 Å². The van der Waals surface area contributed by atoms with Crippen LogP contribution in [0.3, 0.4) is 0 Å². The fourth-order valence-electron chi connectivity index (χ4n) is 2.07. The Morgan fingerprint density at radius 3 is 1.85 bits per heavy atom. The second-order valence-electron chi connectivity index (χ2n) is 4.74. The van der Waals surface area contributed by atoms with Crippen LogP contribution in [-0.4, -0.2) is 16.2 Å². The van der Waals surface area contributed by atoms with E-state index in [0.717, 1.165) is 15.6 Å². The summed E-state index contributed by atoms with van der Waals surface area (Å²) in [6, 6.07) is 14.3. The standard InChI is InChI=1S/C16H15BrO3/c17-14-5-1-11(2-6-14)9-13(16(19)20)10-12-3-7-15(18)8-4-12/h1-8,13,18H,9-10H2,(H,19,20). The van der Waals surface area contributed by atoms with Gasteiger partial charge in [-0.25, -0.2) is 0 Å². The van der Waals surface area contributed by atoms with Crippen LogP contribution in [0.15, 0.2) is 53.0 Å². The third kappa shape index (κ3) is 4.10. The fraction of sp³-hybridized carbons (Fsp3) is 0.188. The van der Waals surface area contributed by atoms with Gasteiger partial charge in [0.1, 0.15) is 5.75 Å². The van der Waals surface area contributed by atoms with Gasteiger partial charge in [-0.1, -0.05) is 40.2 Å². The van der Waals surface area contributed by atoms with Crippen molar-refractivity contribution in [3.05, 3.63) is 64.1 Å². The van der Waals surface area contributed by atoms with E-state index in [-0.39, 0.29) is 5.75 Å². The Kier molecular flexibility index (Phi) is 4.79. The van der Waals surface area contributed by atoms with Gasteiger partial charge in [-0.2, -0.15) is 0 Å². The Labute approximate surface area is 126 Å². The largest absolute Gasteiger partial charge is 0.508 e. The highest BCUT2D eigenvalue weighted by atomic mass is 79.9. The van der Waals surface area contributed by atoms with Gasteiger partial charge < -0.3 is 10.2 Å². The minimum absolute atomic E-state index is 0.188. The Balaban J connectivity index is 2.09. The average molecular weight is 335 g/mol. The Morgan fingerprint density at radius 2 is 1.40 bits per heavy atom. The van der Waals surface area contributed by atoms with E-state index < -0.39 is 11.9 Å². The Morgan fingerprint density at radius 1 is 0.950 bits per heavy atom. The van der Waals surface area contributed by atoms with E-state index in [1.54, 1.807) is 24.3 Å². The number of carboxylic acid groups (broad SMARTS) is 1. The first-order valence-corrected chi connectivity index (χ1v) is 7.09. The molecule has 0 spiro atoms. The van der Waals surface area contributed by atoms with Crippen molar-refractivity contribution in [3.63, 3.8) is 0 Å². The zero-order valence-electron chi connectivity index (χ0n) is 10.8. The molecule has 4 heteroatoms. The van der Waals surface area contributed by atoms with E-state index in [1.165, 1.54) is 0 Å². The molecule has 1 unspecified atom stereocenters. The lowest BCUT2D eigenvalue weighted by Crippen LogP contribution is -2.19. The molecule has 0 radical (unpaired) electrons. The van der Waals surface area contributed by atoms with Gasteiger partial charge in [0.05, 0.1) is 5.92 Å². The summed E-state index contributed by atoms with van der Waals surface area (Å²) < 4.78 is 0.978. The predicted molar refractivity (Wildman–Crippen MR) is 80.8 cm³/mol. The molecule has 20 heavy (non-hydrogen) atoms. The first-order valence-electron chi connectivity index (χ1n) is 6.30. The number of hydrogen-bond acceptors (Lipinski definition) is 2. The van der Waals surface area contributed by atoms with Crippen molar-refractivity contribution in [2.24, 2.45) is 5.92 Å². The van der Waals surface area contributed by atoms with Gasteiger partial charge in [0, 0.05) is 4.47 Å². The third-order valence-corrected chi connectivity index (χ3v) is 3.69. The van der Waals surface area contributed by atoms with Crippen LogP contribution < -0.4 is 0 Å². The molecular weight excluding hydrogens is 320 g/mol. The summed E-state index contributed by atoms with van der Waals surface area (Å²) in [4.78, 5) is 11.4. The minimum atomic E-state index is -0.805. The molecule has 2 rings (SSSR count). The number of phenolic OH excluding ortho intramolecular Hbond substituents is 1. The summed E-state index contributed by atoms with van der Waals surface area (Å²) in [5.41, 5.74) is 1.91. The average Bonchev–Trinajstić information content (AvgIpc) is 2.42. The summed E-state index contributed by atoms with van der Waals surface area (Å²) in [6.07, 6.45) is 0.940. The number of carbonyl (C=O) groups is 1. The molecule has 0 saturated carbocycles. The lowest BCUT2D eigenvalue weighted by molar-refractivity contribution is -0.141. The van der Waals surface area contributed by atoms with E-state index >= 15 is 0 Å². The van der Waals surface area contributed by atoms with Crippen molar-refractivity contribution in [3.8, 4) is 5.75 Å². The highest BCUT2D eigenvalue weighted by Crippen LogP contribution is 2.19. The van der Waals surface area contributed by atoms with E-state index in [9.17, 15) is 15.0 Å². The van der Waals surface area contributed by atoms with E-state index in [1.807, 2.05) is 24.3 Å². The summed E-state index contributed by atoms with van der Waals surface area (Å²) in [5.74, 6) is -1.09. The van der Waals surface area contributed by atoms with Crippen molar-refractivity contribution in [2.75, 3.05) is 0 Å². The van der Waals surface area contributed by atoms with Crippen LogP contribution in [0.5, 0.6) is 5.75 Å². The van der Waals surface area contributed by atoms with Crippen LogP contribution in [0.2, 0.25) is 0 Å². The van der Waals surface area contributed by atoms with Crippen LogP contribution >= 0.6 is 15.9 Å². The molecule has 1 atom stereocenters. The van der Waals surface area contributed by atoms with Gasteiger partial charge in [-0.15, -0.1) is 0 Å². The van der Waals surface area contributed by atoms with Gasteiger partial charge in [0.25, 0.3) is 0 Å². The number of benzene rings is 2. The second kappa shape index (κ2) is 6.57. The van der Waals surface area contributed by atoms with Crippen molar-refractivity contribution in [1.82, 2.24) is 0 Å². The summed E-state index contributed by atoms with van der Waals surface area (Å²) in [6.45, 7) is 0. The summed E-state index contributed by atoms with van der Waals surface area (Å²) >= 11 is 3.36. The topological polar surface area (TPSA) is 57.5 Å². The van der Waals surface area contributed by atoms with Gasteiger partial charge in [0.2, 0.25) is 0 Å². The lowest BCUT2D eigenvalue weighted by atomic mass is 9.92. The first kappa shape index (κ1) is 14.6. The molecule has 0 aliphatic heterocycles. The van der Waals surface area contributed by atoms with Gasteiger partial charge >= 0.3 is 5.97 Å². The summed E-state index contributed by atoms with van der Waals surface area (Å²) in [5, 5.41) is 18.6. The van der Waals surface area contributed by atoms with Crippen LogP contribution in [0.4, 0.5) is 0 Å². The normalized spacial score (nSPS) is 12.1. The Hall–Kier alpha value is -1.81.